The van der Waals surface area contributed by atoms with Gasteiger partial charge in [0.05, 0.1) is 10.6 Å². The summed E-state index contributed by atoms with van der Waals surface area (Å²) in [6.07, 6.45) is 0. The van der Waals surface area contributed by atoms with Gasteiger partial charge in [-0.3, -0.25) is 0 Å². The summed E-state index contributed by atoms with van der Waals surface area (Å²) in [6.45, 7) is 4.32. The molecule has 0 aliphatic carbocycles. The molecule has 1 aromatic rings. The Morgan fingerprint density at radius 2 is 2.07 bits per heavy atom. The van der Waals surface area contributed by atoms with Crippen LogP contribution in [0.1, 0.15) is 29.5 Å². The molecule has 0 radical (unpaired) electrons. The molecule has 14 heavy (non-hydrogen) atoms. The summed E-state index contributed by atoms with van der Waals surface area (Å²) in [7, 11) is 3.88. The van der Waals surface area contributed by atoms with Crippen LogP contribution in [0.15, 0.2) is 6.07 Å². The maximum absolute atomic E-state index is 5.91. The SMILES string of the molecule is CC(C)c1cc(N)c(C(=S)N(C)C)s1. The number of nitrogens with zero attached hydrogens (tertiary/aromatic N) is 1. The molecule has 1 heterocycles. The Hall–Kier alpha value is -0.610. The van der Waals surface area contributed by atoms with Crippen LogP contribution < -0.4 is 5.73 Å². The summed E-state index contributed by atoms with van der Waals surface area (Å²) in [5.74, 6) is 0.515. The maximum Gasteiger partial charge on any atom is 0.120 e. The minimum absolute atomic E-state index is 0.515. The number of nitrogens with two attached hydrogens (primary N) is 1. The van der Waals surface area contributed by atoms with Crippen LogP contribution in [0.4, 0.5) is 5.69 Å². The smallest absolute Gasteiger partial charge is 0.120 e. The van der Waals surface area contributed by atoms with Gasteiger partial charge in [-0.1, -0.05) is 26.1 Å². The minimum atomic E-state index is 0.515. The molecule has 0 aliphatic heterocycles. The zero-order chi connectivity index (χ0) is 10.9. The highest BCUT2D eigenvalue weighted by atomic mass is 32.1. The van der Waals surface area contributed by atoms with Gasteiger partial charge in [-0.15, -0.1) is 11.3 Å². The Bertz CT molecular complexity index is 340. The van der Waals surface area contributed by atoms with E-state index in [1.165, 1.54) is 4.88 Å². The highest BCUT2D eigenvalue weighted by Crippen LogP contribution is 2.31. The Morgan fingerprint density at radius 3 is 2.43 bits per heavy atom. The first-order chi connectivity index (χ1) is 6.43. The number of thiophene rings is 1. The van der Waals surface area contributed by atoms with Gasteiger partial charge in [-0.2, -0.15) is 0 Å². The van der Waals surface area contributed by atoms with Crippen molar-refractivity contribution in [1.82, 2.24) is 4.90 Å². The van der Waals surface area contributed by atoms with Gasteiger partial charge in [0, 0.05) is 19.0 Å². The third-order valence-corrected chi connectivity index (χ3v) is 4.11. The normalized spacial score (nSPS) is 10.6. The second kappa shape index (κ2) is 4.28. The van der Waals surface area contributed by atoms with Crippen molar-refractivity contribution in [2.45, 2.75) is 19.8 Å². The first-order valence-electron chi connectivity index (χ1n) is 4.54. The molecular formula is C10H16N2S2. The predicted molar refractivity (Wildman–Crippen MR) is 68.2 cm³/mol. The van der Waals surface area contributed by atoms with Crippen molar-refractivity contribution in [3.63, 3.8) is 0 Å². The van der Waals surface area contributed by atoms with Gasteiger partial charge in [-0.25, -0.2) is 0 Å². The van der Waals surface area contributed by atoms with Crippen LogP contribution in [0.3, 0.4) is 0 Å². The summed E-state index contributed by atoms with van der Waals surface area (Å²) in [6, 6.07) is 2.03. The summed E-state index contributed by atoms with van der Waals surface area (Å²) in [5, 5.41) is 0. The lowest BCUT2D eigenvalue weighted by Crippen LogP contribution is -2.20. The maximum atomic E-state index is 5.91. The Labute approximate surface area is 94.7 Å². The molecule has 0 bridgehead atoms. The van der Waals surface area contributed by atoms with Crippen LogP contribution in [-0.2, 0) is 0 Å². The largest absolute Gasteiger partial charge is 0.397 e. The third kappa shape index (κ3) is 2.25. The highest BCUT2D eigenvalue weighted by Gasteiger charge is 2.13. The van der Waals surface area contributed by atoms with Gasteiger partial charge >= 0.3 is 0 Å². The van der Waals surface area contributed by atoms with E-state index in [0.29, 0.717) is 5.92 Å². The van der Waals surface area contributed by atoms with E-state index in [-0.39, 0.29) is 0 Å². The molecular weight excluding hydrogens is 212 g/mol. The molecule has 78 valence electrons. The quantitative estimate of drug-likeness (QED) is 0.789. The third-order valence-electron chi connectivity index (χ3n) is 1.95. The van der Waals surface area contributed by atoms with Crippen LogP contribution >= 0.6 is 23.6 Å². The molecule has 0 fully saturated rings. The molecule has 2 N–H and O–H groups in total. The molecule has 1 rings (SSSR count). The van der Waals surface area contributed by atoms with E-state index in [0.717, 1.165) is 15.6 Å². The monoisotopic (exact) mass is 228 g/mol. The molecule has 1 aromatic heterocycles. The predicted octanol–water partition coefficient (Wildman–Crippen LogP) is 2.69. The first kappa shape index (κ1) is 11.5. The fourth-order valence-electron chi connectivity index (χ4n) is 1.08. The average molecular weight is 228 g/mol. The zero-order valence-electron chi connectivity index (χ0n) is 9.00. The lowest BCUT2D eigenvalue weighted by Gasteiger charge is -2.12. The van der Waals surface area contributed by atoms with Gasteiger partial charge in [0.25, 0.3) is 0 Å². The number of hydrogen-bond acceptors (Lipinski definition) is 3. The molecule has 0 amide bonds. The van der Waals surface area contributed by atoms with E-state index >= 15 is 0 Å². The summed E-state index contributed by atoms with van der Waals surface area (Å²) in [4.78, 5) is 5.05. The topological polar surface area (TPSA) is 29.3 Å². The summed E-state index contributed by atoms with van der Waals surface area (Å²) >= 11 is 6.98. The zero-order valence-corrected chi connectivity index (χ0v) is 10.6. The standard InChI is InChI=1S/C10H16N2S2/c1-6(2)8-5-7(11)9(14-8)10(13)12(3)4/h5-6H,11H2,1-4H3. The molecule has 0 atom stereocenters. The Kier molecular flexibility index (Phi) is 3.50. The van der Waals surface area contributed by atoms with Crippen molar-refractivity contribution in [1.29, 1.82) is 0 Å². The van der Waals surface area contributed by atoms with Crippen molar-refractivity contribution in [2.75, 3.05) is 19.8 Å². The second-order valence-corrected chi connectivity index (χ2v) is 5.26. The molecule has 4 heteroatoms. The second-order valence-electron chi connectivity index (χ2n) is 3.79. The molecule has 2 nitrogen and oxygen atoms in total. The van der Waals surface area contributed by atoms with Crippen molar-refractivity contribution in [2.24, 2.45) is 0 Å². The molecule has 0 aromatic carbocycles. The number of anilines is 1. The van der Waals surface area contributed by atoms with Crippen molar-refractivity contribution < 1.29 is 0 Å². The fraction of sp³-hybridized carbons (Fsp3) is 0.500. The number of nitrogen functional groups attached to an aromatic ring is 1. The van der Waals surface area contributed by atoms with Crippen LogP contribution in [0.25, 0.3) is 0 Å². The highest BCUT2D eigenvalue weighted by molar-refractivity contribution is 7.81. The number of thiocarbonyl (C=S) groups is 1. The molecule has 0 aliphatic rings. The van der Waals surface area contributed by atoms with Crippen molar-refractivity contribution in [3.05, 3.63) is 15.8 Å². The Morgan fingerprint density at radius 1 is 1.50 bits per heavy atom. The van der Waals surface area contributed by atoms with E-state index in [4.69, 9.17) is 18.0 Å². The number of hydrogen-bond donors (Lipinski definition) is 1. The van der Waals surface area contributed by atoms with E-state index in [1.54, 1.807) is 11.3 Å². The molecule has 0 unspecified atom stereocenters. The van der Waals surface area contributed by atoms with Crippen LogP contribution in [-0.4, -0.2) is 24.0 Å². The summed E-state index contributed by atoms with van der Waals surface area (Å²) < 4.78 is 0. The van der Waals surface area contributed by atoms with E-state index in [9.17, 15) is 0 Å². The molecule has 0 saturated heterocycles. The Balaban J connectivity index is 3.04. The number of rotatable bonds is 2. The van der Waals surface area contributed by atoms with Gasteiger partial charge in [0.15, 0.2) is 0 Å². The van der Waals surface area contributed by atoms with Crippen molar-refractivity contribution in [3.8, 4) is 0 Å². The van der Waals surface area contributed by atoms with Crippen LogP contribution in [0.2, 0.25) is 0 Å². The average Bonchev–Trinajstić information content (AvgIpc) is 2.46. The first-order valence-corrected chi connectivity index (χ1v) is 5.76. The van der Waals surface area contributed by atoms with Crippen LogP contribution in [0, 0.1) is 0 Å². The van der Waals surface area contributed by atoms with Gasteiger partial charge < -0.3 is 10.6 Å². The molecule has 0 saturated carbocycles. The van der Waals surface area contributed by atoms with E-state index in [1.807, 2.05) is 25.1 Å². The van der Waals surface area contributed by atoms with Crippen LogP contribution in [0.5, 0.6) is 0 Å². The summed E-state index contributed by atoms with van der Waals surface area (Å²) in [5.41, 5.74) is 6.72. The van der Waals surface area contributed by atoms with Gasteiger partial charge in [-0.05, 0) is 12.0 Å². The van der Waals surface area contributed by atoms with Gasteiger partial charge in [0.2, 0.25) is 0 Å². The molecule has 0 spiro atoms. The van der Waals surface area contributed by atoms with Gasteiger partial charge in [0.1, 0.15) is 4.99 Å². The lowest BCUT2D eigenvalue weighted by atomic mass is 10.2. The van der Waals surface area contributed by atoms with E-state index in [2.05, 4.69) is 13.8 Å². The fourth-order valence-corrected chi connectivity index (χ4v) is 2.43. The van der Waals surface area contributed by atoms with E-state index < -0.39 is 0 Å². The minimum Gasteiger partial charge on any atom is -0.397 e. The lowest BCUT2D eigenvalue weighted by molar-refractivity contribution is 0.638. The van der Waals surface area contributed by atoms with Crippen molar-refractivity contribution >= 4 is 34.2 Å².